The van der Waals surface area contributed by atoms with Crippen LogP contribution in [-0.4, -0.2) is 42.9 Å². The first kappa shape index (κ1) is 20.4. The second-order valence-corrected chi connectivity index (χ2v) is 4.92. The smallest absolute Gasteiger partial charge is 0.253 e. The maximum absolute atomic E-state index is 12.5. The molecule has 1 aromatic carbocycles. The van der Waals surface area contributed by atoms with Crippen molar-refractivity contribution < 1.29 is 9.59 Å². The van der Waals surface area contributed by atoms with Gasteiger partial charge in [0, 0.05) is 37.3 Å². The van der Waals surface area contributed by atoms with Crippen LogP contribution in [0, 0.1) is 0 Å². The minimum atomic E-state index is -0.201. The predicted molar refractivity (Wildman–Crippen MR) is 91.6 cm³/mol. The zero-order chi connectivity index (χ0) is 15.7. The lowest BCUT2D eigenvalue weighted by Gasteiger charge is -2.21. The molecule has 0 saturated carbocycles. The highest BCUT2D eigenvalue weighted by molar-refractivity contribution is 5.99. The number of amides is 2. The number of nitrogens with two attached hydrogens (primary N) is 1. The fraction of sp³-hybridized carbons (Fsp3) is 0.500. The highest BCUT2D eigenvalue weighted by Gasteiger charge is 2.15. The van der Waals surface area contributed by atoms with Crippen molar-refractivity contribution in [3.63, 3.8) is 0 Å². The van der Waals surface area contributed by atoms with Crippen molar-refractivity contribution in [2.24, 2.45) is 5.73 Å². The van der Waals surface area contributed by atoms with Crippen LogP contribution in [0.15, 0.2) is 24.3 Å². The number of benzene rings is 1. The molecule has 0 aliphatic rings. The summed E-state index contributed by atoms with van der Waals surface area (Å²) in [6.07, 6.45) is 1.84. The molecule has 2 amide bonds. The van der Waals surface area contributed by atoms with Gasteiger partial charge >= 0.3 is 0 Å². The third-order valence-corrected chi connectivity index (χ3v) is 3.08. The zero-order valence-corrected chi connectivity index (χ0v) is 14.1. The van der Waals surface area contributed by atoms with E-state index in [1.807, 2.05) is 18.7 Å². The number of nitrogens with zero attached hydrogens (tertiary/aromatic N) is 1. The minimum Gasteiger partial charge on any atom is -0.351 e. The van der Waals surface area contributed by atoms with Crippen molar-refractivity contribution in [1.82, 2.24) is 10.2 Å². The SMILES string of the molecule is CCCN(CCC)C(=O)c1cccc(C(=O)NCCN)c1.Cl. The van der Waals surface area contributed by atoms with E-state index in [1.54, 1.807) is 24.3 Å². The number of hydrogen-bond donors (Lipinski definition) is 2. The van der Waals surface area contributed by atoms with Gasteiger partial charge in [-0.25, -0.2) is 0 Å². The average Bonchev–Trinajstić information content (AvgIpc) is 2.51. The van der Waals surface area contributed by atoms with Crippen molar-refractivity contribution >= 4 is 24.2 Å². The summed E-state index contributed by atoms with van der Waals surface area (Å²) < 4.78 is 0. The van der Waals surface area contributed by atoms with Crippen molar-refractivity contribution in [2.75, 3.05) is 26.2 Å². The molecule has 0 saturated heterocycles. The van der Waals surface area contributed by atoms with Crippen LogP contribution in [-0.2, 0) is 0 Å². The van der Waals surface area contributed by atoms with Gasteiger partial charge in [-0.05, 0) is 31.0 Å². The number of nitrogens with one attached hydrogen (secondary N) is 1. The molecule has 3 N–H and O–H groups in total. The van der Waals surface area contributed by atoms with Gasteiger partial charge < -0.3 is 16.0 Å². The van der Waals surface area contributed by atoms with Crippen molar-refractivity contribution in [1.29, 1.82) is 0 Å². The molecule has 0 atom stereocenters. The summed E-state index contributed by atoms with van der Waals surface area (Å²) in [7, 11) is 0. The minimum absolute atomic E-state index is 0. The fourth-order valence-corrected chi connectivity index (χ4v) is 2.12. The van der Waals surface area contributed by atoms with Crippen LogP contribution in [0.3, 0.4) is 0 Å². The maximum Gasteiger partial charge on any atom is 0.253 e. The number of halogens is 1. The summed E-state index contributed by atoms with van der Waals surface area (Å²) in [5.41, 5.74) is 6.41. The van der Waals surface area contributed by atoms with E-state index in [9.17, 15) is 9.59 Å². The first-order valence-corrected chi connectivity index (χ1v) is 7.51. The fourth-order valence-electron chi connectivity index (χ4n) is 2.12. The molecule has 0 bridgehead atoms. The van der Waals surface area contributed by atoms with E-state index in [4.69, 9.17) is 5.73 Å². The first-order chi connectivity index (χ1) is 10.1. The average molecular weight is 328 g/mol. The number of hydrogen-bond acceptors (Lipinski definition) is 3. The van der Waals surface area contributed by atoms with Gasteiger partial charge in [0.05, 0.1) is 0 Å². The number of carbonyl (C=O) groups excluding carboxylic acids is 2. The molecule has 0 aliphatic heterocycles. The van der Waals surface area contributed by atoms with E-state index in [-0.39, 0.29) is 24.2 Å². The van der Waals surface area contributed by atoms with Crippen LogP contribution in [0.1, 0.15) is 47.4 Å². The Kier molecular flexibility index (Phi) is 10.2. The van der Waals surface area contributed by atoms with E-state index < -0.39 is 0 Å². The summed E-state index contributed by atoms with van der Waals surface area (Å²) in [5.74, 6) is -0.222. The molecular weight excluding hydrogens is 302 g/mol. The van der Waals surface area contributed by atoms with Crippen LogP contribution in [0.4, 0.5) is 0 Å². The van der Waals surface area contributed by atoms with Crippen molar-refractivity contribution in [3.05, 3.63) is 35.4 Å². The Morgan fingerprint density at radius 2 is 1.73 bits per heavy atom. The highest BCUT2D eigenvalue weighted by atomic mass is 35.5. The lowest BCUT2D eigenvalue weighted by atomic mass is 10.1. The Morgan fingerprint density at radius 1 is 1.14 bits per heavy atom. The number of carbonyl (C=O) groups is 2. The van der Waals surface area contributed by atoms with Gasteiger partial charge in [0.2, 0.25) is 0 Å². The molecule has 0 unspecified atom stereocenters. The Labute approximate surface area is 138 Å². The second-order valence-electron chi connectivity index (χ2n) is 4.92. The Morgan fingerprint density at radius 3 is 2.27 bits per heavy atom. The molecule has 22 heavy (non-hydrogen) atoms. The maximum atomic E-state index is 12.5. The summed E-state index contributed by atoms with van der Waals surface area (Å²) in [5, 5.41) is 2.71. The molecule has 0 fully saturated rings. The summed E-state index contributed by atoms with van der Waals surface area (Å²) in [6.45, 7) is 6.38. The molecule has 6 heteroatoms. The molecular formula is C16H26ClN3O2. The summed E-state index contributed by atoms with van der Waals surface area (Å²) in [6, 6.07) is 6.83. The van der Waals surface area contributed by atoms with E-state index in [2.05, 4.69) is 5.32 Å². The van der Waals surface area contributed by atoms with E-state index in [0.717, 1.165) is 25.9 Å². The van der Waals surface area contributed by atoms with Crippen LogP contribution in [0.5, 0.6) is 0 Å². The van der Waals surface area contributed by atoms with Gasteiger partial charge in [-0.1, -0.05) is 19.9 Å². The standard InChI is InChI=1S/C16H25N3O2.ClH/c1-3-10-19(11-4-2)16(21)14-7-5-6-13(12-14)15(20)18-9-8-17;/h5-7,12H,3-4,8-11,17H2,1-2H3,(H,18,20);1H. The molecule has 1 rings (SSSR count). The summed E-state index contributed by atoms with van der Waals surface area (Å²) in [4.78, 5) is 26.2. The van der Waals surface area contributed by atoms with Gasteiger partial charge in [-0.3, -0.25) is 9.59 Å². The van der Waals surface area contributed by atoms with Crippen LogP contribution < -0.4 is 11.1 Å². The van der Waals surface area contributed by atoms with Gasteiger partial charge in [0.25, 0.3) is 11.8 Å². The van der Waals surface area contributed by atoms with Crippen LogP contribution in [0.25, 0.3) is 0 Å². The molecule has 1 aromatic rings. The summed E-state index contributed by atoms with van der Waals surface area (Å²) >= 11 is 0. The molecule has 0 aromatic heterocycles. The predicted octanol–water partition coefficient (Wildman–Crippen LogP) is 2.06. The molecule has 5 nitrogen and oxygen atoms in total. The van der Waals surface area contributed by atoms with E-state index in [0.29, 0.717) is 24.2 Å². The molecule has 0 spiro atoms. The first-order valence-electron chi connectivity index (χ1n) is 7.51. The van der Waals surface area contributed by atoms with Gasteiger partial charge in [0.1, 0.15) is 0 Å². The van der Waals surface area contributed by atoms with Gasteiger partial charge in [-0.2, -0.15) is 0 Å². The van der Waals surface area contributed by atoms with Crippen LogP contribution >= 0.6 is 12.4 Å². The molecule has 124 valence electrons. The van der Waals surface area contributed by atoms with E-state index >= 15 is 0 Å². The molecule has 0 heterocycles. The molecule has 0 aliphatic carbocycles. The van der Waals surface area contributed by atoms with Gasteiger partial charge in [0.15, 0.2) is 0 Å². The van der Waals surface area contributed by atoms with Crippen molar-refractivity contribution in [3.8, 4) is 0 Å². The Hall–Kier alpha value is -1.59. The normalized spacial score (nSPS) is 9.77. The number of rotatable bonds is 8. The zero-order valence-electron chi connectivity index (χ0n) is 13.3. The van der Waals surface area contributed by atoms with Crippen LogP contribution in [0.2, 0.25) is 0 Å². The quantitative estimate of drug-likeness (QED) is 0.767. The highest BCUT2D eigenvalue weighted by Crippen LogP contribution is 2.10. The lowest BCUT2D eigenvalue weighted by molar-refractivity contribution is 0.0755. The van der Waals surface area contributed by atoms with E-state index in [1.165, 1.54) is 0 Å². The topological polar surface area (TPSA) is 75.4 Å². The molecule has 0 radical (unpaired) electrons. The van der Waals surface area contributed by atoms with Crippen molar-refractivity contribution in [2.45, 2.75) is 26.7 Å². The monoisotopic (exact) mass is 327 g/mol. The third kappa shape index (κ3) is 6.03. The Balaban J connectivity index is 0.00000441. The Bertz CT molecular complexity index is 474. The largest absolute Gasteiger partial charge is 0.351 e. The van der Waals surface area contributed by atoms with Gasteiger partial charge in [-0.15, -0.1) is 12.4 Å². The lowest BCUT2D eigenvalue weighted by Crippen LogP contribution is -2.33. The second kappa shape index (κ2) is 11.0. The third-order valence-electron chi connectivity index (χ3n) is 3.08.